The average Bonchev–Trinajstić information content (AvgIpc) is 2.38. The van der Waals surface area contributed by atoms with Crippen molar-refractivity contribution >= 4 is 0 Å². The quantitative estimate of drug-likeness (QED) is 0.880. The third kappa shape index (κ3) is 2.91. The van der Waals surface area contributed by atoms with Gasteiger partial charge in [0.2, 0.25) is 0 Å². The molecule has 2 rings (SSSR count). The van der Waals surface area contributed by atoms with E-state index in [1.54, 1.807) is 0 Å². The molecule has 1 aromatic carbocycles. The number of nitrogens with one attached hydrogen (secondary N) is 1. The second kappa shape index (κ2) is 5.87. The van der Waals surface area contributed by atoms with Gasteiger partial charge in [-0.25, -0.2) is 0 Å². The molecular formula is C18H29NO. The van der Waals surface area contributed by atoms with Crippen molar-refractivity contribution in [3.63, 3.8) is 0 Å². The number of rotatable bonds is 5. The van der Waals surface area contributed by atoms with Crippen LogP contribution in [0.1, 0.15) is 49.4 Å². The maximum absolute atomic E-state index is 5.79. The Morgan fingerprint density at radius 2 is 1.80 bits per heavy atom. The molecule has 1 N–H and O–H groups in total. The summed E-state index contributed by atoms with van der Waals surface area (Å²) in [6, 6.07) is 5.17. The van der Waals surface area contributed by atoms with Gasteiger partial charge in [-0.2, -0.15) is 0 Å². The van der Waals surface area contributed by atoms with E-state index in [-0.39, 0.29) is 5.41 Å². The van der Waals surface area contributed by atoms with Crippen molar-refractivity contribution in [1.29, 1.82) is 0 Å². The van der Waals surface area contributed by atoms with Crippen LogP contribution in [-0.2, 0) is 11.3 Å². The Balaban J connectivity index is 1.96. The fourth-order valence-electron chi connectivity index (χ4n) is 3.16. The van der Waals surface area contributed by atoms with Crippen molar-refractivity contribution in [2.45, 2.75) is 66.7 Å². The molecule has 0 spiro atoms. The Kier molecular flexibility index (Phi) is 4.55. The zero-order valence-electron chi connectivity index (χ0n) is 13.8. The van der Waals surface area contributed by atoms with Crippen LogP contribution in [0.15, 0.2) is 12.1 Å². The first-order valence-corrected chi connectivity index (χ1v) is 7.78. The van der Waals surface area contributed by atoms with Crippen molar-refractivity contribution in [1.82, 2.24) is 5.32 Å². The van der Waals surface area contributed by atoms with Gasteiger partial charge in [0, 0.05) is 24.6 Å². The zero-order chi connectivity index (χ0) is 14.9. The summed E-state index contributed by atoms with van der Waals surface area (Å²) in [6.45, 7) is 15.0. The van der Waals surface area contributed by atoms with E-state index < -0.39 is 0 Å². The lowest BCUT2D eigenvalue weighted by Gasteiger charge is -2.52. The maximum Gasteiger partial charge on any atom is 0.0655 e. The van der Waals surface area contributed by atoms with Crippen LogP contribution < -0.4 is 5.32 Å². The van der Waals surface area contributed by atoms with Crippen LogP contribution in [-0.4, -0.2) is 18.8 Å². The summed E-state index contributed by atoms with van der Waals surface area (Å²) >= 11 is 0. The van der Waals surface area contributed by atoms with Gasteiger partial charge in [-0.1, -0.05) is 26.0 Å². The summed E-state index contributed by atoms with van der Waals surface area (Å²) in [7, 11) is 0. The van der Waals surface area contributed by atoms with Crippen LogP contribution in [0, 0.1) is 26.2 Å². The van der Waals surface area contributed by atoms with Crippen molar-refractivity contribution in [3.05, 3.63) is 34.4 Å². The molecule has 20 heavy (non-hydrogen) atoms. The highest BCUT2D eigenvalue weighted by atomic mass is 16.5. The molecule has 0 aromatic heterocycles. The molecule has 0 bridgehead atoms. The second-order valence-electron chi connectivity index (χ2n) is 6.80. The molecule has 1 fully saturated rings. The Labute approximate surface area is 123 Å². The summed E-state index contributed by atoms with van der Waals surface area (Å²) in [6.07, 6.45) is 1.54. The van der Waals surface area contributed by atoms with E-state index >= 15 is 0 Å². The van der Waals surface area contributed by atoms with Crippen LogP contribution in [0.4, 0.5) is 0 Å². The van der Waals surface area contributed by atoms with Crippen LogP contribution >= 0.6 is 0 Å². The summed E-state index contributed by atoms with van der Waals surface area (Å²) in [5.74, 6) is 0. The van der Waals surface area contributed by atoms with Crippen LogP contribution in [0.25, 0.3) is 0 Å². The van der Waals surface area contributed by atoms with Gasteiger partial charge < -0.3 is 10.1 Å². The smallest absolute Gasteiger partial charge is 0.0655 e. The lowest BCUT2D eigenvalue weighted by atomic mass is 9.64. The number of hydrogen-bond acceptors (Lipinski definition) is 2. The molecule has 1 aliphatic rings. The van der Waals surface area contributed by atoms with Crippen LogP contribution in [0.5, 0.6) is 0 Å². The molecule has 2 atom stereocenters. The van der Waals surface area contributed by atoms with Crippen molar-refractivity contribution < 1.29 is 4.74 Å². The van der Waals surface area contributed by atoms with Gasteiger partial charge in [0.25, 0.3) is 0 Å². The molecule has 0 radical (unpaired) electrons. The van der Waals surface area contributed by atoms with E-state index in [1.165, 1.54) is 22.3 Å². The lowest BCUT2D eigenvalue weighted by molar-refractivity contribution is -0.114. The number of ether oxygens (including phenoxy) is 1. The van der Waals surface area contributed by atoms with Crippen LogP contribution in [0.3, 0.4) is 0 Å². The highest BCUT2D eigenvalue weighted by molar-refractivity contribution is 5.36. The van der Waals surface area contributed by atoms with E-state index in [0.717, 1.165) is 19.6 Å². The summed E-state index contributed by atoms with van der Waals surface area (Å²) in [5, 5.41) is 3.72. The largest absolute Gasteiger partial charge is 0.378 e. The third-order valence-corrected chi connectivity index (χ3v) is 5.04. The fourth-order valence-corrected chi connectivity index (χ4v) is 3.16. The maximum atomic E-state index is 5.79. The fraction of sp³-hybridized carbons (Fsp3) is 0.667. The summed E-state index contributed by atoms with van der Waals surface area (Å²) in [5.41, 5.74) is 5.81. The third-order valence-electron chi connectivity index (χ3n) is 5.04. The first-order valence-electron chi connectivity index (χ1n) is 7.78. The van der Waals surface area contributed by atoms with Crippen LogP contribution in [0.2, 0.25) is 0 Å². The first-order chi connectivity index (χ1) is 9.36. The van der Waals surface area contributed by atoms with Gasteiger partial charge in [0.15, 0.2) is 0 Å². The van der Waals surface area contributed by atoms with Crippen molar-refractivity contribution in [2.24, 2.45) is 5.41 Å². The molecule has 1 aromatic rings. The molecule has 2 nitrogen and oxygen atoms in total. The molecule has 0 saturated heterocycles. The predicted octanol–water partition coefficient (Wildman–Crippen LogP) is 3.91. The molecule has 0 heterocycles. The SMILES string of the molecule is CCOC1CC(NCc2cc(C)c(C)cc2C)C1(C)C. The number of benzene rings is 1. The number of hydrogen-bond donors (Lipinski definition) is 1. The summed E-state index contributed by atoms with van der Waals surface area (Å²) < 4.78 is 5.79. The standard InChI is InChI=1S/C18H29NO/c1-7-20-17-10-16(18(17,5)6)19-11-15-9-13(3)12(2)8-14(15)4/h8-9,16-17,19H,7,10-11H2,1-6H3. The highest BCUT2D eigenvalue weighted by Gasteiger charge is 2.48. The van der Waals surface area contributed by atoms with E-state index in [0.29, 0.717) is 12.1 Å². The lowest BCUT2D eigenvalue weighted by Crippen LogP contribution is -2.60. The molecule has 1 aliphatic carbocycles. The van der Waals surface area contributed by atoms with E-state index in [2.05, 4.69) is 59.0 Å². The Hall–Kier alpha value is -0.860. The molecule has 2 heteroatoms. The topological polar surface area (TPSA) is 21.3 Å². The Morgan fingerprint density at radius 3 is 2.40 bits per heavy atom. The van der Waals surface area contributed by atoms with Gasteiger partial charge in [0.1, 0.15) is 0 Å². The zero-order valence-corrected chi connectivity index (χ0v) is 13.8. The molecule has 2 unspecified atom stereocenters. The monoisotopic (exact) mass is 275 g/mol. The molecule has 0 aliphatic heterocycles. The molecule has 112 valence electrons. The predicted molar refractivity (Wildman–Crippen MR) is 85.1 cm³/mol. The number of aryl methyl sites for hydroxylation is 3. The minimum Gasteiger partial charge on any atom is -0.378 e. The van der Waals surface area contributed by atoms with Crippen molar-refractivity contribution in [3.8, 4) is 0 Å². The average molecular weight is 275 g/mol. The molecule has 1 saturated carbocycles. The highest BCUT2D eigenvalue weighted by Crippen LogP contribution is 2.42. The van der Waals surface area contributed by atoms with E-state index in [4.69, 9.17) is 4.74 Å². The van der Waals surface area contributed by atoms with E-state index in [1.807, 2.05) is 0 Å². The normalized spacial score (nSPS) is 24.5. The van der Waals surface area contributed by atoms with Gasteiger partial charge >= 0.3 is 0 Å². The Morgan fingerprint density at radius 1 is 1.15 bits per heavy atom. The van der Waals surface area contributed by atoms with Gasteiger partial charge in [-0.3, -0.25) is 0 Å². The Bertz CT molecular complexity index is 479. The second-order valence-corrected chi connectivity index (χ2v) is 6.80. The van der Waals surface area contributed by atoms with E-state index in [9.17, 15) is 0 Å². The minimum absolute atomic E-state index is 0.240. The minimum atomic E-state index is 0.240. The first kappa shape index (κ1) is 15.5. The van der Waals surface area contributed by atoms with Gasteiger partial charge in [-0.05, 0) is 56.4 Å². The van der Waals surface area contributed by atoms with Gasteiger partial charge in [0.05, 0.1) is 6.10 Å². The molecule has 0 amide bonds. The van der Waals surface area contributed by atoms with Crippen molar-refractivity contribution in [2.75, 3.05) is 6.61 Å². The molecular weight excluding hydrogens is 246 g/mol. The summed E-state index contributed by atoms with van der Waals surface area (Å²) in [4.78, 5) is 0. The van der Waals surface area contributed by atoms with Gasteiger partial charge in [-0.15, -0.1) is 0 Å².